The summed E-state index contributed by atoms with van der Waals surface area (Å²) in [5.74, 6) is 1.83. The molecule has 1 rings (SSSR count). The predicted molar refractivity (Wildman–Crippen MR) is 46.2 cm³/mol. The van der Waals surface area contributed by atoms with Crippen molar-refractivity contribution in [2.45, 2.75) is 26.2 Å². The Hall–Kier alpha value is -0.990. The number of nitrogen functional groups attached to an aromatic ring is 1. The maximum absolute atomic E-state index is 5.61. The molecule has 0 aliphatic rings. The molecule has 0 saturated heterocycles. The number of nitrogens with zero attached hydrogens (tertiary/aromatic N) is 2. The standard InChI is InChI=1S/C8H15N3/c1-3-4-5-8-10-6-7(9)11(8)2/h6H,3-5,9H2,1-2H3. The summed E-state index contributed by atoms with van der Waals surface area (Å²) in [5.41, 5.74) is 5.61. The van der Waals surface area contributed by atoms with E-state index in [4.69, 9.17) is 5.73 Å². The van der Waals surface area contributed by atoms with Gasteiger partial charge in [0.2, 0.25) is 0 Å². The second-order valence-corrected chi connectivity index (χ2v) is 2.76. The van der Waals surface area contributed by atoms with Crippen LogP contribution in [-0.4, -0.2) is 9.55 Å². The summed E-state index contributed by atoms with van der Waals surface area (Å²) in [4.78, 5) is 4.19. The fourth-order valence-corrected chi connectivity index (χ4v) is 1.03. The van der Waals surface area contributed by atoms with Crippen LogP contribution in [0.1, 0.15) is 25.6 Å². The van der Waals surface area contributed by atoms with Gasteiger partial charge in [-0.3, -0.25) is 0 Å². The van der Waals surface area contributed by atoms with Crippen molar-refractivity contribution >= 4 is 5.82 Å². The van der Waals surface area contributed by atoms with Gasteiger partial charge in [-0.25, -0.2) is 4.98 Å². The highest BCUT2D eigenvalue weighted by molar-refractivity contribution is 5.27. The summed E-state index contributed by atoms with van der Waals surface area (Å²) in [5, 5.41) is 0. The molecule has 0 unspecified atom stereocenters. The van der Waals surface area contributed by atoms with Crippen LogP contribution in [0.2, 0.25) is 0 Å². The molecule has 62 valence electrons. The Morgan fingerprint density at radius 2 is 2.36 bits per heavy atom. The Balaban J connectivity index is 2.63. The molecule has 0 aromatic carbocycles. The van der Waals surface area contributed by atoms with E-state index in [1.807, 2.05) is 11.6 Å². The Morgan fingerprint density at radius 1 is 1.64 bits per heavy atom. The molecule has 1 aromatic heterocycles. The lowest BCUT2D eigenvalue weighted by molar-refractivity contribution is 0.715. The van der Waals surface area contributed by atoms with Gasteiger partial charge in [0.25, 0.3) is 0 Å². The molecule has 1 aromatic rings. The number of unbranched alkanes of at least 4 members (excludes halogenated alkanes) is 1. The highest BCUT2D eigenvalue weighted by atomic mass is 15.1. The van der Waals surface area contributed by atoms with Crippen LogP contribution < -0.4 is 5.73 Å². The van der Waals surface area contributed by atoms with Crippen molar-refractivity contribution in [1.29, 1.82) is 0 Å². The fraction of sp³-hybridized carbons (Fsp3) is 0.625. The number of hydrogen-bond donors (Lipinski definition) is 1. The van der Waals surface area contributed by atoms with Crippen LogP contribution in [0, 0.1) is 0 Å². The van der Waals surface area contributed by atoms with Crippen molar-refractivity contribution in [3.63, 3.8) is 0 Å². The average Bonchev–Trinajstić information content (AvgIpc) is 2.31. The summed E-state index contributed by atoms with van der Waals surface area (Å²) >= 11 is 0. The Labute approximate surface area is 67.2 Å². The molecule has 0 saturated carbocycles. The maximum Gasteiger partial charge on any atom is 0.123 e. The van der Waals surface area contributed by atoms with Crippen LogP contribution in [0.15, 0.2) is 6.20 Å². The minimum absolute atomic E-state index is 0.746. The molecule has 0 atom stereocenters. The number of rotatable bonds is 3. The lowest BCUT2D eigenvalue weighted by Crippen LogP contribution is -2.01. The monoisotopic (exact) mass is 153 g/mol. The third-order valence-corrected chi connectivity index (χ3v) is 1.87. The van der Waals surface area contributed by atoms with Gasteiger partial charge in [-0.05, 0) is 6.42 Å². The SMILES string of the molecule is CCCCc1ncc(N)n1C. The highest BCUT2D eigenvalue weighted by Crippen LogP contribution is 2.06. The Bertz CT molecular complexity index is 227. The van der Waals surface area contributed by atoms with Gasteiger partial charge in [0, 0.05) is 13.5 Å². The van der Waals surface area contributed by atoms with Crippen LogP contribution >= 0.6 is 0 Å². The molecule has 0 bridgehead atoms. The molecular formula is C8H15N3. The van der Waals surface area contributed by atoms with Gasteiger partial charge < -0.3 is 10.3 Å². The first kappa shape index (κ1) is 8.11. The minimum Gasteiger partial charge on any atom is -0.384 e. The van der Waals surface area contributed by atoms with Gasteiger partial charge >= 0.3 is 0 Å². The van der Waals surface area contributed by atoms with Gasteiger partial charge in [-0.2, -0.15) is 0 Å². The second-order valence-electron chi connectivity index (χ2n) is 2.76. The van der Waals surface area contributed by atoms with E-state index in [0.29, 0.717) is 0 Å². The largest absolute Gasteiger partial charge is 0.384 e. The van der Waals surface area contributed by atoms with E-state index in [9.17, 15) is 0 Å². The van der Waals surface area contributed by atoms with E-state index in [2.05, 4.69) is 11.9 Å². The van der Waals surface area contributed by atoms with E-state index < -0.39 is 0 Å². The van der Waals surface area contributed by atoms with Crippen LogP contribution in [0.4, 0.5) is 5.82 Å². The van der Waals surface area contributed by atoms with Crippen LogP contribution in [0.25, 0.3) is 0 Å². The maximum atomic E-state index is 5.61. The molecule has 3 heteroatoms. The summed E-state index contributed by atoms with van der Waals surface area (Å²) in [6, 6.07) is 0. The summed E-state index contributed by atoms with van der Waals surface area (Å²) < 4.78 is 1.94. The van der Waals surface area contributed by atoms with Gasteiger partial charge in [0.05, 0.1) is 6.20 Å². The van der Waals surface area contributed by atoms with Crippen molar-refractivity contribution in [2.75, 3.05) is 5.73 Å². The first-order valence-corrected chi connectivity index (χ1v) is 4.01. The van der Waals surface area contributed by atoms with Gasteiger partial charge in [-0.1, -0.05) is 13.3 Å². The van der Waals surface area contributed by atoms with Crippen molar-refractivity contribution < 1.29 is 0 Å². The van der Waals surface area contributed by atoms with Crippen LogP contribution in [0.3, 0.4) is 0 Å². The number of imidazole rings is 1. The lowest BCUT2D eigenvalue weighted by Gasteiger charge is -2.00. The molecule has 0 radical (unpaired) electrons. The molecule has 1 heterocycles. The average molecular weight is 153 g/mol. The Kier molecular flexibility index (Phi) is 2.52. The minimum atomic E-state index is 0.746. The van der Waals surface area contributed by atoms with Crippen molar-refractivity contribution in [3.8, 4) is 0 Å². The van der Waals surface area contributed by atoms with E-state index >= 15 is 0 Å². The molecule has 11 heavy (non-hydrogen) atoms. The predicted octanol–water partition coefficient (Wildman–Crippen LogP) is 1.34. The fourth-order valence-electron chi connectivity index (χ4n) is 1.03. The first-order valence-electron chi connectivity index (χ1n) is 4.01. The first-order chi connectivity index (χ1) is 5.25. The molecule has 0 aliphatic carbocycles. The molecular weight excluding hydrogens is 138 g/mol. The quantitative estimate of drug-likeness (QED) is 0.712. The van der Waals surface area contributed by atoms with Gasteiger partial charge in [0.15, 0.2) is 0 Å². The second kappa shape index (κ2) is 3.42. The van der Waals surface area contributed by atoms with Gasteiger partial charge in [-0.15, -0.1) is 0 Å². The van der Waals surface area contributed by atoms with E-state index in [-0.39, 0.29) is 0 Å². The number of anilines is 1. The van der Waals surface area contributed by atoms with Crippen molar-refractivity contribution in [3.05, 3.63) is 12.0 Å². The number of hydrogen-bond acceptors (Lipinski definition) is 2. The van der Waals surface area contributed by atoms with Crippen molar-refractivity contribution in [1.82, 2.24) is 9.55 Å². The zero-order valence-corrected chi connectivity index (χ0v) is 7.17. The molecule has 0 aliphatic heterocycles. The molecule has 0 spiro atoms. The number of nitrogens with two attached hydrogens (primary N) is 1. The van der Waals surface area contributed by atoms with Crippen LogP contribution in [-0.2, 0) is 13.5 Å². The Morgan fingerprint density at radius 3 is 2.82 bits per heavy atom. The lowest BCUT2D eigenvalue weighted by atomic mass is 10.2. The highest BCUT2D eigenvalue weighted by Gasteiger charge is 2.01. The smallest absolute Gasteiger partial charge is 0.123 e. The number of aryl methyl sites for hydroxylation is 1. The summed E-state index contributed by atoms with van der Waals surface area (Å²) in [6.07, 6.45) is 5.13. The molecule has 0 fully saturated rings. The molecule has 0 amide bonds. The third kappa shape index (κ3) is 1.73. The number of aromatic nitrogens is 2. The van der Waals surface area contributed by atoms with E-state index in [1.54, 1.807) is 6.20 Å². The molecule has 2 N–H and O–H groups in total. The van der Waals surface area contributed by atoms with Crippen molar-refractivity contribution in [2.24, 2.45) is 7.05 Å². The summed E-state index contributed by atoms with van der Waals surface area (Å²) in [6.45, 7) is 2.17. The third-order valence-electron chi connectivity index (χ3n) is 1.87. The van der Waals surface area contributed by atoms with E-state index in [1.165, 1.54) is 12.8 Å². The normalized spacial score (nSPS) is 10.4. The van der Waals surface area contributed by atoms with Gasteiger partial charge in [0.1, 0.15) is 11.6 Å². The van der Waals surface area contributed by atoms with Crippen LogP contribution in [0.5, 0.6) is 0 Å². The topological polar surface area (TPSA) is 43.8 Å². The zero-order valence-electron chi connectivity index (χ0n) is 7.17. The zero-order chi connectivity index (χ0) is 8.27. The summed E-state index contributed by atoms with van der Waals surface area (Å²) in [7, 11) is 1.95. The molecule has 3 nitrogen and oxygen atoms in total. The van der Waals surface area contributed by atoms with E-state index in [0.717, 1.165) is 18.1 Å².